The molecule has 2 amide bonds. The third-order valence-corrected chi connectivity index (χ3v) is 7.92. The maximum absolute atomic E-state index is 12.9. The molecule has 3 aliphatic heterocycles. The number of rotatable bonds is 7. The number of benzene rings is 1. The zero-order valence-electron chi connectivity index (χ0n) is 19.3. The first kappa shape index (κ1) is 22.3. The smallest absolute Gasteiger partial charge is 0.222 e. The Balaban J connectivity index is 1.37. The first-order chi connectivity index (χ1) is 15.1. The van der Waals surface area contributed by atoms with Gasteiger partial charge >= 0.3 is 0 Å². The lowest BCUT2D eigenvalue weighted by Gasteiger charge is -2.57. The Labute approximate surface area is 187 Å². The highest BCUT2D eigenvalue weighted by molar-refractivity contribution is 5.76. The van der Waals surface area contributed by atoms with Crippen molar-refractivity contribution in [2.24, 2.45) is 11.8 Å². The first-order valence-corrected chi connectivity index (χ1v) is 12.4. The number of nitrogens with zero attached hydrogens (tertiary/aromatic N) is 3. The van der Waals surface area contributed by atoms with E-state index in [0.717, 1.165) is 25.9 Å². The number of hydrogen-bond donors (Lipinski definition) is 0. The van der Waals surface area contributed by atoms with Gasteiger partial charge in [-0.2, -0.15) is 0 Å². The Bertz CT molecular complexity index is 750. The van der Waals surface area contributed by atoms with Gasteiger partial charge < -0.3 is 9.80 Å². The maximum Gasteiger partial charge on any atom is 0.222 e. The number of carbonyl (C=O) groups is 2. The molecule has 0 saturated carbocycles. The second-order valence-electron chi connectivity index (χ2n) is 9.76. The SMILES string of the molecule is CCN(Cc1ccccc1)C(=O)CCC[C@@H]1[C@H]2CCCN3CCC[C@@H](CN1C(C)=O)[C@@H]23. The average molecular weight is 426 g/mol. The van der Waals surface area contributed by atoms with Crippen LogP contribution in [0.3, 0.4) is 0 Å². The fourth-order valence-corrected chi connectivity index (χ4v) is 6.53. The van der Waals surface area contributed by atoms with E-state index in [-0.39, 0.29) is 11.8 Å². The van der Waals surface area contributed by atoms with Crippen LogP contribution in [0.15, 0.2) is 30.3 Å². The van der Waals surface area contributed by atoms with Crippen LogP contribution in [0.1, 0.15) is 64.4 Å². The first-order valence-electron chi connectivity index (χ1n) is 12.4. The second kappa shape index (κ2) is 10.2. The molecule has 5 heteroatoms. The van der Waals surface area contributed by atoms with Crippen molar-refractivity contribution in [2.75, 3.05) is 26.2 Å². The van der Waals surface area contributed by atoms with Gasteiger partial charge in [-0.25, -0.2) is 0 Å². The second-order valence-corrected chi connectivity index (χ2v) is 9.76. The molecule has 0 N–H and O–H groups in total. The number of likely N-dealkylation sites (tertiary alicyclic amines) is 1. The summed E-state index contributed by atoms with van der Waals surface area (Å²) >= 11 is 0. The highest BCUT2D eigenvalue weighted by Gasteiger charge is 2.48. The van der Waals surface area contributed by atoms with Crippen LogP contribution in [0, 0.1) is 11.8 Å². The standard InChI is InChI=1S/C26H39N3O2/c1-3-27(18-21-10-5-4-6-11-21)25(31)15-7-14-24-23-13-9-17-28-16-8-12-22(26(23)28)19-29(24)20(2)30/h4-6,10-11,22-24,26H,3,7-9,12-19H2,1-2H3/t22-,23+,24+,26-/m0/s1. The van der Waals surface area contributed by atoms with Gasteiger partial charge in [-0.3, -0.25) is 14.5 Å². The number of hydrogen-bond acceptors (Lipinski definition) is 3. The zero-order chi connectivity index (χ0) is 21.8. The monoisotopic (exact) mass is 425 g/mol. The van der Waals surface area contributed by atoms with Gasteiger partial charge in [-0.15, -0.1) is 0 Å². The van der Waals surface area contributed by atoms with Crippen molar-refractivity contribution in [3.8, 4) is 0 Å². The fraction of sp³-hybridized carbons (Fsp3) is 0.692. The predicted molar refractivity (Wildman–Crippen MR) is 123 cm³/mol. The van der Waals surface area contributed by atoms with E-state index in [1.807, 2.05) is 23.1 Å². The van der Waals surface area contributed by atoms with Crippen molar-refractivity contribution < 1.29 is 9.59 Å². The molecule has 0 aliphatic carbocycles. The highest BCUT2D eigenvalue weighted by atomic mass is 16.2. The number of carbonyl (C=O) groups excluding carboxylic acids is 2. The summed E-state index contributed by atoms with van der Waals surface area (Å²) in [6, 6.07) is 11.2. The topological polar surface area (TPSA) is 43.9 Å². The van der Waals surface area contributed by atoms with Crippen LogP contribution in [-0.4, -0.2) is 64.8 Å². The molecular weight excluding hydrogens is 386 g/mol. The van der Waals surface area contributed by atoms with Crippen LogP contribution >= 0.6 is 0 Å². The summed E-state index contributed by atoms with van der Waals surface area (Å²) in [5.74, 6) is 1.68. The molecule has 0 bridgehead atoms. The van der Waals surface area contributed by atoms with Crippen molar-refractivity contribution in [1.82, 2.24) is 14.7 Å². The molecule has 4 atom stereocenters. The summed E-state index contributed by atoms with van der Waals surface area (Å²) < 4.78 is 0. The van der Waals surface area contributed by atoms with E-state index in [1.165, 1.54) is 44.3 Å². The summed E-state index contributed by atoms with van der Waals surface area (Å²) in [6.07, 6.45) is 7.41. The van der Waals surface area contributed by atoms with Gasteiger partial charge in [0, 0.05) is 45.1 Å². The van der Waals surface area contributed by atoms with Gasteiger partial charge in [-0.1, -0.05) is 30.3 Å². The van der Waals surface area contributed by atoms with Crippen LogP contribution in [0.25, 0.3) is 0 Å². The maximum atomic E-state index is 12.9. The summed E-state index contributed by atoms with van der Waals surface area (Å²) in [5.41, 5.74) is 1.18. The molecule has 0 spiro atoms. The molecule has 5 nitrogen and oxygen atoms in total. The van der Waals surface area contributed by atoms with Crippen LogP contribution in [-0.2, 0) is 16.1 Å². The predicted octanol–water partition coefficient (Wildman–Crippen LogP) is 3.93. The zero-order valence-corrected chi connectivity index (χ0v) is 19.3. The Morgan fingerprint density at radius 1 is 1.10 bits per heavy atom. The van der Waals surface area contributed by atoms with Crippen LogP contribution in [0.5, 0.6) is 0 Å². The fourth-order valence-electron chi connectivity index (χ4n) is 6.53. The lowest BCUT2D eigenvalue weighted by atomic mass is 9.69. The van der Waals surface area contributed by atoms with Gasteiger partial charge in [0.05, 0.1) is 0 Å². The van der Waals surface area contributed by atoms with Gasteiger partial charge in [0.2, 0.25) is 11.8 Å². The van der Waals surface area contributed by atoms with Crippen molar-refractivity contribution in [3.05, 3.63) is 35.9 Å². The molecule has 4 rings (SSSR count). The molecule has 0 unspecified atom stereocenters. The number of amides is 2. The van der Waals surface area contributed by atoms with Crippen molar-refractivity contribution >= 4 is 11.8 Å². The molecular formula is C26H39N3O2. The van der Waals surface area contributed by atoms with E-state index in [4.69, 9.17) is 0 Å². The van der Waals surface area contributed by atoms with E-state index in [0.29, 0.717) is 36.9 Å². The minimum absolute atomic E-state index is 0.219. The minimum Gasteiger partial charge on any atom is -0.339 e. The van der Waals surface area contributed by atoms with E-state index in [2.05, 4.69) is 28.9 Å². The summed E-state index contributed by atoms with van der Waals surface area (Å²) in [4.78, 5) is 32.3. The third-order valence-electron chi connectivity index (χ3n) is 7.92. The average Bonchev–Trinajstić information content (AvgIpc) is 2.79. The largest absolute Gasteiger partial charge is 0.339 e. The minimum atomic E-state index is 0.219. The Kier molecular flexibility index (Phi) is 7.31. The Morgan fingerprint density at radius 2 is 1.84 bits per heavy atom. The van der Waals surface area contributed by atoms with Crippen molar-refractivity contribution in [2.45, 2.75) is 77.4 Å². The molecule has 0 radical (unpaired) electrons. The van der Waals surface area contributed by atoms with E-state index < -0.39 is 0 Å². The van der Waals surface area contributed by atoms with Crippen LogP contribution in [0.2, 0.25) is 0 Å². The molecule has 1 aromatic rings. The summed E-state index contributed by atoms with van der Waals surface area (Å²) in [6.45, 7) is 8.58. The van der Waals surface area contributed by atoms with E-state index in [9.17, 15) is 9.59 Å². The van der Waals surface area contributed by atoms with E-state index >= 15 is 0 Å². The molecule has 3 fully saturated rings. The molecule has 170 valence electrons. The van der Waals surface area contributed by atoms with E-state index in [1.54, 1.807) is 6.92 Å². The van der Waals surface area contributed by atoms with Gasteiger partial charge in [0.15, 0.2) is 0 Å². The summed E-state index contributed by atoms with van der Waals surface area (Å²) in [7, 11) is 0. The highest BCUT2D eigenvalue weighted by Crippen LogP contribution is 2.43. The quantitative estimate of drug-likeness (QED) is 0.665. The molecule has 0 aromatic heterocycles. The van der Waals surface area contributed by atoms with Gasteiger partial charge in [-0.05, 0) is 75.9 Å². The van der Waals surface area contributed by atoms with Gasteiger partial charge in [0.25, 0.3) is 0 Å². The normalized spacial score (nSPS) is 28.1. The molecule has 3 saturated heterocycles. The van der Waals surface area contributed by atoms with Crippen molar-refractivity contribution in [3.63, 3.8) is 0 Å². The van der Waals surface area contributed by atoms with Crippen molar-refractivity contribution in [1.29, 1.82) is 0 Å². The molecule has 31 heavy (non-hydrogen) atoms. The van der Waals surface area contributed by atoms with Crippen LogP contribution in [0.4, 0.5) is 0 Å². The van der Waals surface area contributed by atoms with Gasteiger partial charge in [0.1, 0.15) is 0 Å². The van der Waals surface area contributed by atoms with Crippen LogP contribution < -0.4 is 0 Å². The number of piperidine rings is 3. The third kappa shape index (κ3) is 4.97. The lowest BCUT2D eigenvalue weighted by molar-refractivity contribution is -0.144. The molecule has 3 heterocycles. The molecule has 3 aliphatic rings. The Hall–Kier alpha value is -1.88. The lowest BCUT2D eigenvalue weighted by Crippen LogP contribution is -2.65. The molecule has 1 aromatic carbocycles. The summed E-state index contributed by atoms with van der Waals surface area (Å²) in [5, 5.41) is 0. The Morgan fingerprint density at radius 3 is 2.55 bits per heavy atom.